The van der Waals surface area contributed by atoms with Crippen LogP contribution >= 0.6 is 11.3 Å². The Bertz CT molecular complexity index is 889. The Labute approximate surface area is 137 Å². The Hall–Kier alpha value is -1.93. The van der Waals surface area contributed by atoms with Crippen LogP contribution in [0, 0.1) is 12.7 Å². The van der Waals surface area contributed by atoms with Crippen molar-refractivity contribution >= 4 is 33.0 Å². The second-order valence-electron chi connectivity index (χ2n) is 5.31. The average molecular weight is 355 g/mol. The van der Waals surface area contributed by atoms with E-state index in [1.54, 1.807) is 19.1 Å². The molecule has 1 aromatic carbocycles. The van der Waals surface area contributed by atoms with E-state index in [1.807, 2.05) is 0 Å². The Morgan fingerprint density at radius 1 is 1.39 bits per heavy atom. The molecule has 0 amide bonds. The van der Waals surface area contributed by atoms with Gasteiger partial charge in [-0.15, -0.1) is 11.3 Å². The minimum Gasteiger partial charge on any atom is -0.477 e. The van der Waals surface area contributed by atoms with Gasteiger partial charge in [0.1, 0.15) is 14.9 Å². The van der Waals surface area contributed by atoms with E-state index in [9.17, 15) is 17.6 Å². The number of benzene rings is 1. The molecule has 0 bridgehead atoms. The molecular formula is C15H14FNO4S2. The maximum absolute atomic E-state index is 14.2. The number of aryl methyl sites for hydroxylation is 2. The highest BCUT2D eigenvalue weighted by molar-refractivity contribution is 7.94. The summed E-state index contributed by atoms with van der Waals surface area (Å²) in [4.78, 5) is 11.1. The first kappa shape index (κ1) is 15.9. The van der Waals surface area contributed by atoms with Crippen LogP contribution in [-0.2, 0) is 16.4 Å². The quantitative estimate of drug-likeness (QED) is 0.918. The first-order chi connectivity index (χ1) is 10.8. The summed E-state index contributed by atoms with van der Waals surface area (Å²) in [6, 6.07) is 5.83. The van der Waals surface area contributed by atoms with Crippen molar-refractivity contribution in [3.63, 3.8) is 0 Å². The van der Waals surface area contributed by atoms with E-state index in [4.69, 9.17) is 5.11 Å². The standard InChI is InChI=1S/C15H14FNO4S2/c1-9-8-12(22-14(9)15(18)19)23(20,21)17-7-3-5-10-4-2-6-11(16)13(10)17/h2,4,6,8H,3,5,7H2,1H3,(H,18,19). The second-order valence-corrected chi connectivity index (χ2v) is 8.45. The highest BCUT2D eigenvalue weighted by atomic mass is 32.2. The third-order valence-electron chi connectivity index (χ3n) is 3.76. The number of carbonyl (C=O) groups is 1. The molecule has 0 atom stereocenters. The fourth-order valence-electron chi connectivity index (χ4n) is 2.71. The molecule has 8 heteroatoms. The Morgan fingerprint density at radius 2 is 2.13 bits per heavy atom. The number of sulfonamides is 1. The number of anilines is 1. The summed E-state index contributed by atoms with van der Waals surface area (Å²) >= 11 is 0.697. The monoisotopic (exact) mass is 355 g/mol. The number of thiophene rings is 1. The van der Waals surface area contributed by atoms with Crippen molar-refractivity contribution in [2.75, 3.05) is 10.8 Å². The summed E-state index contributed by atoms with van der Waals surface area (Å²) in [6.45, 7) is 1.72. The Morgan fingerprint density at radius 3 is 2.78 bits per heavy atom. The molecule has 2 heterocycles. The minimum absolute atomic E-state index is 0.0191. The van der Waals surface area contributed by atoms with Gasteiger partial charge in [-0.25, -0.2) is 17.6 Å². The zero-order valence-electron chi connectivity index (χ0n) is 12.2. The summed E-state index contributed by atoms with van der Waals surface area (Å²) in [7, 11) is -3.98. The SMILES string of the molecule is Cc1cc(S(=O)(=O)N2CCCc3cccc(F)c32)sc1C(=O)O. The normalized spacial score (nSPS) is 14.6. The van der Waals surface area contributed by atoms with Crippen LogP contribution in [0.3, 0.4) is 0 Å². The topological polar surface area (TPSA) is 74.7 Å². The number of hydrogen-bond donors (Lipinski definition) is 1. The lowest BCUT2D eigenvalue weighted by molar-refractivity contribution is 0.0701. The lowest BCUT2D eigenvalue weighted by Gasteiger charge is -2.30. The van der Waals surface area contributed by atoms with Gasteiger partial charge in [-0.2, -0.15) is 0 Å². The number of aromatic carboxylic acids is 1. The van der Waals surface area contributed by atoms with E-state index in [1.165, 1.54) is 12.1 Å². The van der Waals surface area contributed by atoms with Crippen LogP contribution in [0.1, 0.15) is 27.2 Å². The number of fused-ring (bicyclic) bond motifs is 1. The van der Waals surface area contributed by atoms with E-state index in [-0.39, 0.29) is 21.3 Å². The first-order valence-electron chi connectivity index (χ1n) is 6.96. The Kier molecular flexibility index (Phi) is 3.89. The predicted molar refractivity (Wildman–Crippen MR) is 85.3 cm³/mol. The molecule has 1 aromatic heterocycles. The van der Waals surface area contributed by atoms with Gasteiger partial charge >= 0.3 is 5.97 Å². The van der Waals surface area contributed by atoms with Gasteiger partial charge in [-0.1, -0.05) is 12.1 Å². The van der Waals surface area contributed by atoms with Gasteiger partial charge in [0.25, 0.3) is 10.0 Å². The lowest BCUT2D eigenvalue weighted by atomic mass is 10.0. The van der Waals surface area contributed by atoms with Gasteiger partial charge in [0.2, 0.25) is 0 Å². The summed E-state index contributed by atoms with van der Waals surface area (Å²) < 4.78 is 40.9. The predicted octanol–water partition coefficient (Wildman–Crippen LogP) is 3.04. The fourth-order valence-corrected chi connectivity index (χ4v) is 5.75. The fraction of sp³-hybridized carbons (Fsp3) is 0.267. The maximum atomic E-state index is 14.2. The molecule has 2 aromatic rings. The van der Waals surface area contributed by atoms with Crippen LogP contribution in [0.15, 0.2) is 28.5 Å². The number of hydrogen-bond acceptors (Lipinski definition) is 4. The van der Waals surface area contributed by atoms with Crippen LogP contribution in [-0.4, -0.2) is 26.0 Å². The zero-order chi connectivity index (χ0) is 16.8. The molecule has 0 radical (unpaired) electrons. The van der Waals surface area contributed by atoms with Crippen molar-refractivity contribution in [3.8, 4) is 0 Å². The van der Waals surface area contributed by atoms with E-state index in [2.05, 4.69) is 0 Å². The number of carboxylic acid groups (broad SMARTS) is 1. The molecule has 0 saturated heterocycles. The molecule has 0 aliphatic carbocycles. The van der Waals surface area contributed by atoms with Crippen LogP contribution in [0.5, 0.6) is 0 Å². The molecular weight excluding hydrogens is 341 g/mol. The zero-order valence-corrected chi connectivity index (χ0v) is 13.9. The van der Waals surface area contributed by atoms with E-state index >= 15 is 0 Å². The summed E-state index contributed by atoms with van der Waals surface area (Å²) in [6.07, 6.45) is 1.20. The molecule has 23 heavy (non-hydrogen) atoms. The molecule has 0 saturated carbocycles. The number of halogens is 1. The van der Waals surface area contributed by atoms with Crippen molar-refractivity contribution in [1.29, 1.82) is 0 Å². The minimum atomic E-state index is -3.98. The molecule has 1 aliphatic heterocycles. The van der Waals surface area contributed by atoms with Crippen molar-refractivity contribution < 1.29 is 22.7 Å². The summed E-state index contributed by atoms with van der Waals surface area (Å²) in [5.74, 6) is -1.75. The number of para-hydroxylation sites is 1. The summed E-state index contributed by atoms with van der Waals surface area (Å²) in [5.41, 5.74) is 1.10. The largest absolute Gasteiger partial charge is 0.477 e. The van der Waals surface area contributed by atoms with Gasteiger partial charge in [-0.05, 0) is 43.0 Å². The third kappa shape index (κ3) is 2.61. The number of carboxylic acids is 1. The van der Waals surface area contributed by atoms with Crippen molar-refractivity contribution in [1.82, 2.24) is 0 Å². The average Bonchev–Trinajstić information content (AvgIpc) is 2.90. The van der Waals surface area contributed by atoms with Gasteiger partial charge < -0.3 is 5.11 Å². The van der Waals surface area contributed by atoms with Crippen LogP contribution < -0.4 is 4.31 Å². The molecule has 122 valence electrons. The van der Waals surface area contributed by atoms with Gasteiger partial charge in [0, 0.05) is 6.54 Å². The molecule has 0 spiro atoms. The molecule has 5 nitrogen and oxygen atoms in total. The first-order valence-corrected chi connectivity index (χ1v) is 9.22. The molecule has 1 aliphatic rings. The maximum Gasteiger partial charge on any atom is 0.346 e. The molecule has 0 fully saturated rings. The van der Waals surface area contributed by atoms with Gasteiger partial charge in [0.15, 0.2) is 0 Å². The summed E-state index contributed by atoms with van der Waals surface area (Å²) in [5, 5.41) is 9.10. The molecule has 0 unspecified atom stereocenters. The van der Waals surface area contributed by atoms with E-state index < -0.39 is 21.8 Å². The van der Waals surface area contributed by atoms with Crippen molar-refractivity contribution in [2.24, 2.45) is 0 Å². The smallest absolute Gasteiger partial charge is 0.346 e. The van der Waals surface area contributed by atoms with E-state index in [0.717, 1.165) is 4.31 Å². The van der Waals surface area contributed by atoms with Crippen LogP contribution in [0.25, 0.3) is 0 Å². The second kappa shape index (κ2) is 5.61. The van der Waals surface area contributed by atoms with Gasteiger partial charge in [-0.3, -0.25) is 4.31 Å². The lowest BCUT2D eigenvalue weighted by Crippen LogP contribution is -2.35. The number of nitrogens with zero attached hydrogens (tertiary/aromatic N) is 1. The van der Waals surface area contributed by atoms with E-state index in [0.29, 0.717) is 35.3 Å². The van der Waals surface area contributed by atoms with Crippen LogP contribution in [0.4, 0.5) is 10.1 Å². The highest BCUT2D eigenvalue weighted by Gasteiger charge is 2.33. The van der Waals surface area contributed by atoms with Crippen LogP contribution in [0.2, 0.25) is 0 Å². The van der Waals surface area contributed by atoms with Crippen molar-refractivity contribution in [2.45, 2.75) is 24.0 Å². The third-order valence-corrected chi connectivity index (χ3v) is 7.23. The number of rotatable bonds is 3. The highest BCUT2D eigenvalue weighted by Crippen LogP contribution is 2.36. The van der Waals surface area contributed by atoms with Crippen molar-refractivity contribution in [3.05, 3.63) is 46.1 Å². The molecule has 3 rings (SSSR count). The van der Waals surface area contributed by atoms with Gasteiger partial charge in [0.05, 0.1) is 5.69 Å². The Balaban J connectivity index is 2.12. The molecule has 1 N–H and O–H groups in total.